The zero-order chi connectivity index (χ0) is 8.93. The second kappa shape index (κ2) is 2.47. The third-order valence-corrected chi connectivity index (χ3v) is 4.26. The molecule has 1 heteroatoms. The van der Waals surface area contributed by atoms with E-state index in [-0.39, 0.29) is 0 Å². The lowest BCUT2D eigenvalue weighted by atomic mass is 9.52. The largest absolute Gasteiger partial charge is 0.313 e. The van der Waals surface area contributed by atoms with E-state index in [2.05, 4.69) is 33.0 Å². The van der Waals surface area contributed by atoms with Gasteiger partial charge >= 0.3 is 0 Å². The topological polar surface area (TPSA) is 12.0 Å². The summed E-state index contributed by atoms with van der Waals surface area (Å²) in [7, 11) is 0. The van der Waals surface area contributed by atoms with Gasteiger partial charge < -0.3 is 5.32 Å². The second-order valence-electron chi connectivity index (χ2n) is 5.35. The lowest BCUT2D eigenvalue weighted by molar-refractivity contribution is -0.00377. The van der Waals surface area contributed by atoms with Gasteiger partial charge in [0.1, 0.15) is 0 Å². The summed E-state index contributed by atoms with van der Waals surface area (Å²) < 4.78 is 0. The summed E-state index contributed by atoms with van der Waals surface area (Å²) in [6.07, 6.45) is 1.44. The molecule has 2 bridgehead atoms. The van der Waals surface area contributed by atoms with E-state index in [1.165, 1.54) is 13.0 Å². The van der Waals surface area contributed by atoms with Crippen molar-refractivity contribution >= 4 is 0 Å². The van der Waals surface area contributed by atoms with Gasteiger partial charge in [-0.2, -0.15) is 0 Å². The van der Waals surface area contributed by atoms with Crippen molar-refractivity contribution in [1.82, 2.24) is 5.32 Å². The van der Waals surface area contributed by atoms with Crippen LogP contribution in [0.25, 0.3) is 0 Å². The van der Waals surface area contributed by atoms with Crippen LogP contribution < -0.4 is 5.32 Å². The molecule has 12 heavy (non-hydrogen) atoms. The highest BCUT2D eigenvalue weighted by atomic mass is 15.1. The summed E-state index contributed by atoms with van der Waals surface area (Å²) >= 11 is 0. The summed E-state index contributed by atoms with van der Waals surface area (Å²) in [5.74, 6) is 2.68. The lowest BCUT2D eigenvalue weighted by Crippen LogP contribution is -2.51. The van der Waals surface area contributed by atoms with Gasteiger partial charge in [-0.3, -0.25) is 0 Å². The van der Waals surface area contributed by atoms with Crippen molar-refractivity contribution < 1.29 is 0 Å². The molecule has 1 N–H and O–H groups in total. The Hall–Kier alpha value is -0.0400. The number of fused-ring (bicyclic) bond motifs is 1. The van der Waals surface area contributed by atoms with Crippen molar-refractivity contribution in [2.75, 3.05) is 6.54 Å². The Kier molecular flexibility index (Phi) is 1.76. The van der Waals surface area contributed by atoms with Crippen molar-refractivity contribution in [3.05, 3.63) is 0 Å². The Balaban J connectivity index is 2.17. The normalized spacial score (nSPS) is 45.5. The Morgan fingerprint density at radius 1 is 1.25 bits per heavy atom. The molecule has 0 aromatic carbocycles. The molecule has 1 nitrogen and oxygen atoms in total. The summed E-state index contributed by atoms with van der Waals surface area (Å²) in [6.45, 7) is 10.8. The maximum Gasteiger partial charge on any atom is 0.0110 e. The summed E-state index contributed by atoms with van der Waals surface area (Å²) in [5.41, 5.74) is 0.666. The van der Waals surface area contributed by atoms with Crippen LogP contribution >= 0.6 is 0 Å². The van der Waals surface area contributed by atoms with Crippen LogP contribution in [0.5, 0.6) is 0 Å². The molecule has 3 unspecified atom stereocenters. The molecule has 0 radical (unpaired) electrons. The van der Waals surface area contributed by atoms with Gasteiger partial charge in [-0.15, -0.1) is 0 Å². The Bertz CT molecular complexity index is 181. The molecule has 1 saturated carbocycles. The standard InChI is InChI=1S/C11H21N/c1-7(2)10-9-5-11(10,6-12-9)8(3)4/h7-10,12H,5-6H2,1-4H3. The SMILES string of the molecule is CC(C)C1C2CC1(C(C)C)CN2. The zero-order valence-corrected chi connectivity index (χ0v) is 8.72. The van der Waals surface area contributed by atoms with Crippen molar-refractivity contribution in [2.24, 2.45) is 23.2 Å². The van der Waals surface area contributed by atoms with Crippen LogP contribution in [0.4, 0.5) is 0 Å². The maximum absolute atomic E-state index is 3.65. The number of nitrogens with one attached hydrogen (secondary N) is 1. The average Bonchev–Trinajstić information content (AvgIpc) is 2.38. The van der Waals surface area contributed by atoms with Crippen molar-refractivity contribution in [2.45, 2.75) is 40.2 Å². The molecule has 1 aliphatic carbocycles. The molecule has 0 aromatic rings. The molecule has 3 fully saturated rings. The molecule has 3 rings (SSSR count). The summed E-state index contributed by atoms with van der Waals surface area (Å²) in [6, 6.07) is 0.854. The van der Waals surface area contributed by atoms with Gasteiger partial charge in [0.25, 0.3) is 0 Å². The van der Waals surface area contributed by atoms with Crippen LogP contribution in [0.1, 0.15) is 34.1 Å². The Morgan fingerprint density at radius 3 is 2.25 bits per heavy atom. The van der Waals surface area contributed by atoms with Crippen molar-refractivity contribution in [3.63, 3.8) is 0 Å². The highest BCUT2D eigenvalue weighted by molar-refractivity contribution is 5.14. The first-order valence-corrected chi connectivity index (χ1v) is 5.31. The third kappa shape index (κ3) is 0.834. The lowest BCUT2D eigenvalue weighted by Gasteiger charge is -2.51. The average molecular weight is 167 g/mol. The van der Waals surface area contributed by atoms with E-state index in [0.29, 0.717) is 5.41 Å². The summed E-state index contributed by atoms with van der Waals surface area (Å²) in [5, 5.41) is 3.65. The van der Waals surface area contributed by atoms with Gasteiger partial charge in [0.05, 0.1) is 0 Å². The van der Waals surface area contributed by atoms with E-state index in [9.17, 15) is 0 Å². The smallest absolute Gasteiger partial charge is 0.0110 e. The third-order valence-electron chi connectivity index (χ3n) is 4.26. The van der Waals surface area contributed by atoms with E-state index in [1.807, 2.05) is 0 Å². The fraction of sp³-hybridized carbons (Fsp3) is 1.00. The molecule has 0 amide bonds. The van der Waals surface area contributed by atoms with E-state index in [0.717, 1.165) is 23.8 Å². The first-order chi connectivity index (χ1) is 5.58. The van der Waals surface area contributed by atoms with Gasteiger partial charge in [0.15, 0.2) is 0 Å². The van der Waals surface area contributed by atoms with Gasteiger partial charge in [0, 0.05) is 12.6 Å². The van der Waals surface area contributed by atoms with Crippen LogP contribution in [-0.2, 0) is 0 Å². The van der Waals surface area contributed by atoms with Crippen LogP contribution in [0, 0.1) is 23.2 Å². The Morgan fingerprint density at radius 2 is 1.92 bits per heavy atom. The molecule has 2 heterocycles. The van der Waals surface area contributed by atoms with E-state index in [4.69, 9.17) is 0 Å². The fourth-order valence-electron chi connectivity index (χ4n) is 3.58. The molecule has 3 aliphatic rings. The highest BCUT2D eigenvalue weighted by Crippen LogP contribution is 2.58. The van der Waals surface area contributed by atoms with Gasteiger partial charge in [-0.05, 0) is 29.6 Å². The molecule has 2 saturated heterocycles. The number of rotatable bonds is 2. The predicted molar refractivity (Wildman–Crippen MR) is 52.0 cm³/mol. The predicted octanol–water partition coefficient (Wildman–Crippen LogP) is 2.28. The second-order valence-corrected chi connectivity index (χ2v) is 5.35. The van der Waals surface area contributed by atoms with Gasteiger partial charge in [-0.25, -0.2) is 0 Å². The molecule has 3 atom stereocenters. The van der Waals surface area contributed by atoms with Gasteiger partial charge in [-0.1, -0.05) is 27.7 Å². The van der Waals surface area contributed by atoms with E-state index < -0.39 is 0 Å². The van der Waals surface area contributed by atoms with Crippen molar-refractivity contribution in [1.29, 1.82) is 0 Å². The van der Waals surface area contributed by atoms with E-state index in [1.54, 1.807) is 0 Å². The molecule has 70 valence electrons. The molecular weight excluding hydrogens is 146 g/mol. The Labute approximate surface area is 75.9 Å². The van der Waals surface area contributed by atoms with Crippen molar-refractivity contribution in [3.8, 4) is 0 Å². The van der Waals surface area contributed by atoms with Crippen LogP contribution in [0.3, 0.4) is 0 Å². The number of hydrogen-bond donors (Lipinski definition) is 1. The molecule has 0 spiro atoms. The molecular formula is C11H21N. The minimum atomic E-state index is 0.666. The van der Waals surface area contributed by atoms with E-state index >= 15 is 0 Å². The highest BCUT2D eigenvalue weighted by Gasteiger charge is 2.60. The zero-order valence-electron chi connectivity index (χ0n) is 8.72. The van der Waals surface area contributed by atoms with Crippen LogP contribution in [-0.4, -0.2) is 12.6 Å². The molecule has 2 aliphatic heterocycles. The van der Waals surface area contributed by atoms with Gasteiger partial charge in [0.2, 0.25) is 0 Å². The fourth-order valence-corrected chi connectivity index (χ4v) is 3.58. The van der Waals surface area contributed by atoms with Crippen LogP contribution in [0.15, 0.2) is 0 Å². The molecule has 0 aromatic heterocycles. The monoisotopic (exact) mass is 167 g/mol. The number of hydrogen-bond acceptors (Lipinski definition) is 1. The summed E-state index contributed by atoms with van der Waals surface area (Å²) in [4.78, 5) is 0. The first kappa shape index (κ1) is 8.55. The quantitative estimate of drug-likeness (QED) is 0.665. The minimum Gasteiger partial charge on any atom is -0.313 e. The maximum atomic E-state index is 3.65. The van der Waals surface area contributed by atoms with Crippen LogP contribution in [0.2, 0.25) is 0 Å². The first-order valence-electron chi connectivity index (χ1n) is 5.31. The minimum absolute atomic E-state index is 0.666.